The van der Waals surface area contributed by atoms with E-state index in [4.69, 9.17) is 4.74 Å². The molecule has 6 nitrogen and oxygen atoms in total. The lowest BCUT2D eigenvalue weighted by molar-refractivity contribution is -0.117. The minimum absolute atomic E-state index is 0.0706. The van der Waals surface area contributed by atoms with Crippen molar-refractivity contribution in [3.63, 3.8) is 0 Å². The molecule has 7 heteroatoms. The molecule has 2 aromatic rings. The minimum Gasteiger partial charge on any atom is -0.444 e. The molecule has 0 saturated heterocycles. The van der Waals surface area contributed by atoms with Crippen LogP contribution in [0.15, 0.2) is 30.3 Å². The summed E-state index contributed by atoms with van der Waals surface area (Å²) in [6, 6.07) is 8.55. The van der Waals surface area contributed by atoms with E-state index in [1.54, 1.807) is 11.0 Å². The van der Waals surface area contributed by atoms with Crippen molar-refractivity contribution < 1.29 is 23.5 Å². The maximum Gasteiger partial charge on any atom is 0.410 e. The fourth-order valence-corrected chi connectivity index (χ4v) is 5.19. The highest BCUT2D eigenvalue weighted by atomic mass is 19.1. The Morgan fingerprint density at radius 1 is 1.08 bits per heavy atom. The number of ether oxygens (including phenoxy) is 1. The number of anilines is 1. The summed E-state index contributed by atoms with van der Waals surface area (Å²) in [7, 11) is 0. The van der Waals surface area contributed by atoms with E-state index in [1.807, 2.05) is 44.7 Å². The van der Waals surface area contributed by atoms with Gasteiger partial charge < -0.3 is 14.5 Å². The Morgan fingerprint density at radius 3 is 2.57 bits per heavy atom. The minimum atomic E-state index is -0.609. The topological polar surface area (TPSA) is 66.9 Å². The summed E-state index contributed by atoms with van der Waals surface area (Å²) in [5.41, 5.74) is 5.01. The second-order valence-corrected chi connectivity index (χ2v) is 11.1. The van der Waals surface area contributed by atoms with Crippen LogP contribution in [0.25, 0.3) is 0 Å². The first-order valence-electron chi connectivity index (χ1n) is 13.2. The fraction of sp³-hybridized carbons (Fsp3) is 0.500. The molecule has 37 heavy (non-hydrogen) atoms. The molecular weight excluding hydrogens is 471 g/mol. The lowest BCUT2D eigenvalue weighted by Gasteiger charge is -2.27. The molecule has 0 N–H and O–H groups in total. The summed E-state index contributed by atoms with van der Waals surface area (Å²) in [6.07, 6.45) is 4.10. The monoisotopic (exact) mass is 508 g/mol. The second-order valence-electron chi connectivity index (χ2n) is 11.1. The number of aryl methyl sites for hydroxylation is 2. The van der Waals surface area contributed by atoms with Crippen LogP contribution in [0.1, 0.15) is 79.1 Å². The summed E-state index contributed by atoms with van der Waals surface area (Å²) in [6.45, 7) is 9.06. The molecule has 0 bridgehead atoms. The van der Waals surface area contributed by atoms with E-state index in [0.29, 0.717) is 50.8 Å². The Bertz CT molecular complexity index is 1200. The van der Waals surface area contributed by atoms with Crippen LogP contribution in [0.3, 0.4) is 0 Å². The largest absolute Gasteiger partial charge is 0.444 e. The summed E-state index contributed by atoms with van der Waals surface area (Å²) in [4.78, 5) is 41.7. The molecule has 0 aromatic heterocycles. The van der Waals surface area contributed by atoms with Crippen molar-refractivity contribution in [2.24, 2.45) is 0 Å². The molecule has 0 fully saturated rings. The zero-order chi connectivity index (χ0) is 26.7. The Labute approximate surface area is 218 Å². The van der Waals surface area contributed by atoms with Crippen LogP contribution >= 0.6 is 0 Å². The lowest BCUT2D eigenvalue weighted by Crippen LogP contribution is -2.38. The molecule has 0 spiro atoms. The second kappa shape index (κ2) is 11.0. The average molecular weight is 509 g/mol. The number of Topliss-reactive ketones (excluding diaryl/α,β-unsaturated/α-hetero) is 1. The number of halogens is 1. The molecule has 0 unspecified atom stereocenters. The fourth-order valence-electron chi connectivity index (χ4n) is 5.19. The number of benzene rings is 2. The highest BCUT2D eigenvalue weighted by Crippen LogP contribution is 2.37. The first kappa shape index (κ1) is 26.8. The van der Waals surface area contributed by atoms with Gasteiger partial charge in [0, 0.05) is 31.6 Å². The maximum absolute atomic E-state index is 13.5. The van der Waals surface area contributed by atoms with Crippen molar-refractivity contribution in [2.45, 2.75) is 78.2 Å². The van der Waals surface area contributed by atoms with Gasteiger partial charge in [-0.15, -0.1) is 0 Å². The van der Waals surface area contributed by atoms with Crippen molar-refractivity contribution in [2.75, 3.05) is 24.5 Å². The molecule has 2 heterocycles. The summed E-state index contributed by atoms with van der Waals surface area (Å²) < 4.78 is 19.1. The molecule has 0 aliphatic carbocycles. The number of rotatable bonds is 9. The molecule has 198 valence electrons. The van der Waals surface area contributed by atoms with Crippen molar-refractivity contribution in [1.29, 1.82) is 0 Å². The number of carbonyl (C=O) groups excluding carboxylic acids is 3. The number of nitrogens with zero attached hydrogens (tertiary/aromatic N) is 2. The zero-order valence-electron chi connectivity index (χ0n) is 22.4. The van der Waals surface area contributed by atoms with Gasteiger partial charge in [-0.1, -0.05) is 6.07 Å². The Kier molecular flexibility index (Phi) is 8.00. The molecule has 2 aliphatic rings. The quantitative estimate of drug-likeness (QED) is 0.317. The van der Waals surface area contributed by atoms with E-state index in [9.17, 15) is 18.8 Å². The first-order valence-corrected chi connectivity index (χ1v) is 13.2. The molecule has 0 saturated carbocycles. The number of unbranched alkanes of at least 4 members (excludes halogenated alkanes) is 1. The highest BCUT2D eigenvalue weighted by molar-refractivity contribution is 6.05. The lowest BCUT2D eigenvalue weighted by atomic mass is 9.94. The Morgan fingerprint density at radius 2 is 1.84 bits per heavy atom. The molecule has 2 aromatic carbocycles. The van der Waals surface area contributed by atoms with Crippen LogP contribution in [-0.4, -0.2) is 47.9 Å². The number of hydrogen-bond acceptors (Lipinski definition) is 4. The smallest absolute Gasteiger partial charge is 0.410 e. The van der Waals surface area contributed by atoms with Crippen LogP contribution in [0.5, 0.6) is 0 Å². The van der Waals surface area contributed by atoms with Gasteiger partial charge in [0.25, 0.3) is 0 Å². The third kappa shape index (κ3) is 6.56. The van der Waals surface area contributed by atoms with E-state index in [2.05, 4.69) is 0 Å². The van der Waals surface area contributed by atoms with Crippen molar-refractivity contribution in [3.05, 3.63) is 64.0 Å². The van der Waals surface area contributed by atoms with Crippen molar-refractivity contribution in [1.82, 2.24) is 4.90 Å². The van der Waals surface area contributed by atoms with Gasteiger partial charge in [-0.3, -0.25) is 9.59 Å². The third-order valence-corrected chi connectivity index (χ3v) is 7.02. The van der Waals surface area contributed by atoms with Gasteiger partial charge in [0.05, 0.1) is 12.1 Å². The van der Waals surface area contributed by atoms with Crippen LogP contribution in [0.4, 0.5) is 14.9 Å². The molecule has 0 radical (unpaired) electrons. The van der Waals surface area contributed by atoms with Crippen LogP contribution in [-0.2, 0) is 28.8 Å². The molecular formula is C30H37FN2O4. The van der Waals surface area contributed by atoms with Crippen LogP contribution in [0, 0.1) is 12.7 Å². The van der Waals surface area contributed by atoms with E-state index < -0.39 is 5.60 Å². The number of carbonyl (C=O) groups is 3. The van der Waals surface area contributed by atoms with Gasteiger partial charge in [-0.2, -0.15) is 0 Å². The van der Waals surface area contributed by atoms with E-state index in [-0.39, 0.29) is 23.6 Å². The number of amides is 2. The Balaban J connectivity index is 1.34. The van der Waals surface area contributed by atoms with Gasteiger partial charge >= 0.3 is 6.09 Å². The van der Waals surface area contributed by atoms with E-state index in [1.165, 1.54) is 12.1 Å². The Hall–Kier alpha value is -3.22. The average Bonchev–Trinajstić information content (AvgIpc) is 3.14. The first-order chi connectivity index (χ1) is 17.5. The van der Waals surface area contributed by atoms with Crippen molar-refractivity contribution in [3.8, 4) is 0 Å². The molecule has 0 atom stereocenters. The highest BCUT2D eigenvalue weighted by Gasteiger charge is 2.32. The predicted octanol–water partition coefficient (Wildman–Crippen LogP) is 5.80. The van der Waals surface area contributed by atoms with Gasteiger partial charge in [0.2, 0.25) is 5.91 Å². The zero-order valence-corrected chi connectivity index (χ0v) is 22.4. The van der Waals surface area contributed by atoms with Gasteiger partial charge in [0.15, 0.2) is 5.78 Å². The van der Waals surface area contributed by atoms with Gasteiger partial charge in [-0.25, -0.2) is 9.18 Å². The summed E-state index contributed by atoms with van der Waals surface area (Å²) >= 11 is 0. The van der Waals surface area contributed by atoms with Crippen LogP contribution < -0.4 is 4.90 Å². The third-order valence-electron chi connectivity index (χ3n) is 7.02. The summed E-state index contributed by atoms with van der Waals surface area (Å²) in [5, 5.41) is 0. The molecule has 2 amide bonds. The number of hydrogen-bond donors (Lipinski definition) is 0. The SMILES string of the molecule is Cc1cc(F)ccc1CCN(CCCCC(=O)c1cc2c3c(c1)CC(=O)N3CCC2)C(=O)OC(C)(C)C. The summed E-state index contributed by atoms with van der Waals surface area (Å²) in [5.74, 6) is -0.0774. The normalized spacial score (nSPS) is 14.5. The van der Waals surface area contributed by atoms with Crippen molar-refractivity contribution >= 4 is 23.5 Å². The van der Waals surface area contributed by atoms with Gasteiger partial charge in [0.1, 0.15) is 11.4 Å². The van der Waals surface area contributed by atoms with Crippen LogP contribution in [0.2, 0.25) is 0 Å². The number of ketones is 1. The maximum atomic E-state index is 13.5. The predicted molar refractivity (Wildman–Crippen MR) is 142 cm³/mol. The molecule has 4 rings (SSSR count). The van der Waals surface area contributed by atoms with E-state index in [0.717, 1.165) is 47.3 Å². The van der Waals surface area contributed by atoms with Gasteiger partial charge in [-0.05, 0) is 106 Å². The molecule has 2 aliphatic heterocycles. The standard InChI is InChI=1S/C30H37FN2O4/c1-20-16-25(31)11-10-21(20)12-15-32(29(36)37-30(2,3)4)13-6-5-9-26(34)23-17-22-8-7-14-33-27(35)19-24(18-23)28(22)33/h10-11,16-18H,5-9,12-15,19H2,1-4H3. The van der Waals surface area contributed by atoms with E-state index >= 15 is 0 Å².